The average Bonchev–Trinajstić information content (AvgIpc) is 2.64. The Hall–Kier alpha value is -2.86. The molecule has 1 heterocycles. The summed E-state index contributed by atoms with van der Waals surface area (Å²) in [5.41, 5.74) is 6.94. The number of nitrogens with zero attached hydrogens (tertiary/aromatic N) is 2. The Morgan fingerprint density at radius 2 is 1.54 bits per heavy atom. The van der Waals surface area contributed by atoms with Gasteiger partial charge in [0.15, 0.2) is 0 Å². The van der Waals surface area contributed by atoms with E-state index in [0.29, 0.717) is 13.1 Å². The predicted octanol–water partition coefficient (Wildman–Crippen LogP) is 1.70. The first kappa shape index (κ1) is 16.0. The number of amides is 3. The summed E-state index contributed by atoms with van der Waals surface area (Å²) in [7, 11) is 0. The van der Waals surface area contributed by atoms with Crippen LogP contribution in [-0.2, 0) is 4.79 Å². The second-order valence-corrected chi connectivity index (χ2v) is 5.64. The van der Waals surface area contributed by atoms with E-state index >= 15 is 0 Å². The van der Waals surface area contributed by atoms with Gasteiger partial charge in [-0.1, -0.05) is 36.4 Å². The minimum atomic E-state index is -0.518. The monoisotopic (exact) mass is 324 g/mol. The topological polar surface area (TPSA) is 78.7 Å². The number of piperazine rings is 1. The lowest BCUT2D eigenvalue weighted by Gasteiger charge is -2.36. The summed E-state index contributed by atoms with van der Waals surface area (Å²) in [6.45, 7) is 1.33. The van der Waals surface area contributed by atoms with Crippen LogP contribution in [0.2, 0.25) is 0 Å². The van der Waals surface area contributed by atoms with E-state index in [4.69, 9.17) is 5.73 Å². The molecule has 1 aliphatic heterocycles. The molecular weight excluding hydrogens is 304 g/mol. The molecule has 0 spiro atoms. The van der Waals surface area contributed by atoms with Gasteiger partial charge >= 0.3 is 6.03 Å². The number of carbonyl (C=O) groups excluding carboxylic acids is 2. The van der Waals surface area contributed by atoms with Gasteiger partial charge in [-0.25, -0.2) is 4.79 Å². The average molecular weight is 324 g/mol. The fourth-order valence-electron chi connectivity index (χ4n) is 2.78. The first-order valence-electron chi connectivity index (χ1n) is 7.88. The van der Waals surface area contributed by atoms with Crippen molar-refractivity contribution < 1.29 is 9.59 Å². The molecule has 3 N–H and O–H groups in total. The minimum Gasteiger partial charge on any atom is -0.368 e. The number of hydrogen-bond donors (Lipinski definition) is 2. The van der Waals surface area contributed by atoms with E-state index in [-0.39, 0.29) is 12.6 Å². The zero-order valence-electron chi connectivity index (χ0n) is 13.3. The van der Waals surface area contributed by atoms with Crippen LogP contribution >= 0.6 is 0 Å². The Kier molecular flexibility index (Phi) is 4.77. The Morgan fingerprint density at radius 1 is 1.00 bits per heavy atom. The lowest BCUT2D eigenvalue weighted by molar-refractivity contribution is -0.120. The Labute approximate surface area is 140 Å². The van der Waals surface area contributed by atoms with Crippen molar-refractivity contribution in [1.29, 1.82) is 0 Å². The van der Waals surface area contributed by atoms with Gasteiger partial charge in [0.25, 0.3) is 0 Å². The Bertz CT molecular complexity index is 666. The zero-order chi connectivity index (χ0) is 16.9. The smallest absolute Gasteiger partial charge is 0.329 e. The van der Waals surface area contributed by atoms with Crippen molar-refractivity contribution in [3.05, 3.63) is 60.7 Å². The lowest BCUT2D eigenvalue weighted by Crippen LogP contribution is -2.59. The molecule has 6 heteroatoms. The zero-order valence-corrected chi connectivity index (χ0v) is 13.3. The number of rotatable bonds is 3. The number of urea groups is 1. The third kappa shape index (κ3) is 3.38. The van der Waals surface area contributed by atoms with Gasteiger partial charge in [-0.05, 0) is 24.3 Å². The number of hydrogen-bond acceptors (Lipinski definition) is 3. The molecular formula is C18H20N4O2. The van der Waals surface area contributed by atoms with Crippen molar-refractivity contribution in [3.63, 3.8) is 0 Å². The molecule has 1 aliphatic rings. The molecule has 2 aromatic rings. The number of nitrogens with one attached hydrogen (secondary N) is 1. The summed E-state index contributed by atoms with van der Waals surface area (Å²) in [4.78, 5) is 27.9. The van der Waals surface area contributed by atoms with Crippen LogP contribution in [0.4, 0.5) is 16.2 Å². The lowest BCUT2D eigenvalue weighted by atomic mass is 10.2. The molecule has 1 unspecified atom stereocenters. The molecule has 0 aromatic heterocycles. The third-order valence-electron chi connectivity index (χ3n) is 4.01. The highest BCUT2D eigenvalue weighted by Gasteiger charge is 2.30. The number of carbonyl (C=O) groups is 2. The van der Waals surface area contributed by atoms with Gasteiger partial charge in [-0.3, -0.25) is 9.69 Å². The standard InChI is InChI=1S/C18H20N4O2/c19-17(23)16-13-21(12-11-20-16)18(24)22(14-7-3-1-4-8-14)15-9-5-2-6-10-15/h1-10,16,20H,11-13H2,(H2,19,23). The molecule has 1 fully saturated rings. The maximum atomic E-state index is 13.1. The van der Waals surface area contributed by atoms with E-state index in [1.807, 2.05) is 60.7 Å². The highest BCUT2D eigenvalue weighted by Crippen LogP contribution is 2.26. The first-order chi connectivity index (χ1) is 11.7. The minimum absolute atomic E-state index is 0.167. The molecule has 0 saturated carbocycles. The van der Waals surface area contributed by atoms with Crippen molar-refractivity contribution >= 4 is 23.3 Å². The summed E-state index contributed by atoms with van der Waals surface area (Å²) in [5.74, 6) is -0.446. The van der Waals surface area contributed by atoms with E-state index in [9.17, 15) is 9.59 Å². The van der Waals surface area contributed by atoms with Gasteiger partial charge in [0, 0.05) is 19.6 Å². The molecule has 0 aliphatic carbocycles. The van der Waals surface area contributed by atoms with Crippen LogP contribution < -0.4 is 16.0 Å². The molecule has 2 aromatic carbocycles. The molecule has 0 radical (unpaired) electrons. The fraction of sp³-hybridized carbons (Fsp3) is 0.222. The number of anilines is 2. The number of nitrogens with two attached hydrogens (primary N) is 1. The van der Waals surface area contributed by atoms with Crippen molar-refractivity contribution in [3.8, 4) is 0 Å². The van der Waals surface area contributed by atoms with Crippen LogP contribution in [0.15, 0.2) is 60.7 Å². The quantitative estimate of drug-likeness (QED) is 0.902. The highest BCUT2D eigenvalue weighted by atomic mass is 16.2. The van der Waals surface area contributed by atoms with E-state index < -0.39 is 11.9 Å². The van der Waals surface area contributed by atoms with Crippen molar-refractivity contribution in [2.24, 2.45) is 5.73 Å². The summed E-state index contributed by atoms with van der Waals surface area (Å²) in [6, 6.07) is 18.2. The highest BCUT2D eigenvalue weighted by molar-refractivity contribution is 5.99. The molecule has 3 rings (SSSR count). The van der Waals surface area contributed by atoms with Crippen molar-refractivity contribution in [2.45, 2.75) is 6.04 Å². The van der Waals surface area contributed by atoms with Crippen LogP contribution in [0, 0.1) is 0 Å². The predicted molar refractivity (Wildman–Crippen MR) is 93.0 cm³/mol. The number of para-hydroxylation sites is 2. The molecule has 0 bridgehead atoms. The second kappa shape index (κ2) is 7.14. The van der Waals surface area contributed by atoms with Crippen molar-refractivity contribution in [2.75, 3.05) is 24.5 Å². The van der Waals surface area contributed by atoms with Crippen LogP contribution in [-0.4, -0.2) is 42.5 Å². The summed E-state index contributed by atoms with van der Waals surface area (Å²) < 4.78 is 0. The molecule has 6 nitrogen and oxygen atoms in total. The fourth-order valence-corrected chi connectivity index (χ4v) is 2.78. The summed E-state index contributed by atoms with van der Waals surface area (Å²) in [6.07, 6.45) is 0. The second-order valence-electron chi connectivity index (χ2n) is 5.64. The maximum absolute atomic E-state index is 13.1. The molecule has 124 valence electrons. The van der Waals surface area contributed by atoms with Gasteiger partial charge < -0.3 is 16.0 Å². The Morgan fingerprint density at radius 3 is 2.04 bits per heavy atom. The maximum Gasteiger partial charge on any atom is 0.329 e. The van der Waals surface area contributed by atoms with Gasteiger partial charge in [-0.2, -0.15) is 0 Å². The van der Waals surface area contributed by atoms with Gasteiger partial charge in [-0.15, -0.1) is 0 Å². The summed E-state index contributed by atoms with van der Waals surface area (Å²) in [5, 5.41) is 3.03. The van der Waals surface area contributed by atoms with Crippen LogP contribution in [0.5, 0.6) is 0 Å². The molecule has 1 atom stereocenters. The van der Waals surface area contributed by atoms with Crippen LogP contribution in [0.1, 0.15) is 0 Å². The molecule has 24 heavy (non-hydrogen) atoms. The van der Waals surface area contributed by atoms with E-state index in [0.717, 1.165) is 11.4 Å². The van der Waals surface area contributed by atoms with Gasteiger partial charge in [0.2, 0.25) is 5.91 Å². The van der Waals surface area contributed by atoms with Crippen LogP contribution in [0.25, 0.3) is 0 Å². The Balaban J connectivity index is 1.91. The van der Waals surface area contributed by atoms with Gasteiger partial charge in [0.1, 0.15) is 6.04 Å². The number of benzene rings is 2. The largest absolute Gasteiger partial charge is 0.368 e. The summed E-state index contributed by atoms with van der Waals surface area (Å²) >= 11 is 0. The van der Waals surface area contributed by atoms with E-state index in [2.05, 4.69) is 5.32 Å². The molecule has 1 saturated heterocycles. The first-order valence-corrected chi connectivity index (χ1v) is 7.88. The van der Waals surface area contributed by atoms with E-state index in [1.165, 1.54) is 0 Å². The molecule has 3 amide bonds. The third-order valence-corrected chi connectivity index (χ3v) is 4.01. The SMILES string of the molecule is NC(=O)C1CN(C(=O)N(c2ccccc2)c2ccccc2)CCN1. The van der Waals surface area contributed by atoms with Crippen LogP contribution in [0.3, 0.4) is 0 Å². The number of primary amides is 1. The van der Waals surface area contributed by atoms with Crippen molar-refractivity contribution in [1.82, 2.24) is 10.2 Å². The van der Waals surface area contributed by atoms with E-state index in [1.54, 1.807) is 9.80 Å². The van der Waals surface area contributed by atoms with Gasteiger partial charge in [0.05, 0.1) is 11.4 Å². The normalized spacial score (nSPS) is 17.3.